The summed E-state index contributed by atoms with van der Waals surface area (Å²) < 4.78 is 48.3. The van der Waals surface area contributed by atoms with Crippen molar-refractivity contribution in [1.29, 1.82) is 0 Å². The standard InChI is InChI=1S/C22H28F3NO4/c1-6-7-8-17(19(27)29-14-26-20(28)30-21(3,4)5)13-15(2)16-9-11-18(12-10-16)22(23,24)25/h6,9-12,17H,1-2,7-8,13-14H2,3-5H3,(H,26,28)/t17-/m1/s1. The monoisotopic (exact) mass is 427 g/mol. The van der Waals surface area contributed by atoms with Crippen LogP contribution in [-0.2, 0) is 20.4 Å². The Morgan fingerprint density at radius 3 is 2.27 bits per heavy atom. The van der Waals surface area contributed by atoms with E-state index >= 15 is 0 Å². The highest BCUT2D eigenvalue weighted by molar-refractivity contribution is 5.76. The average molecular weight is 427 g/mol. The minimum Gasteiger partial charge on any atom is -0.444 e. The van der Waals surface area contributed by atoms with Crippen LogP contribution in [-0.4, -0.2) is 24.4 Å². The summed E-state index contributed by atoms with van der Waals surface area (Å²) in [4.78, 5) is 24.0. The number of alkyl carbamates (subject to hydrolysis) is 1. The molecule has 0 aliphatic rings. The van der Waals surface area contributed by atoms with Crippen molar-refractivity contribution in [3.63, 3.8) is 0 Å². The molecule has 8 heteroatoms. The Hall–Kier alpha value is -2.77. The molecule has 1 N–H and O–H groups in total. The first-order chi connectivity index (χ1) is 13.8. The zero-order chi connectivity index (χ0) is 22.9. The van der Waals surface area contributed by atoms with Crippen LogP contribution in [0.3, 0.4) is 0 Å². The molecule has 30 heavy (non-hydrogen) atoms. The van der Waals surface area contributed by atoms with E-state index in [0.717, 1.165) is 12.1 Å². The van der Waals surface area contributed by atoms with Gasteiger partial charge in [-0.2, -0.15) is 13.2 Å². The van der Waals surface area contributed by atoms with Gasteiger partial charge in [0.2, 0.25) is 0 Å². The second-order valence-corrected chi connectivity index (χ2v) is 7.73. The molecule has 0 saturated carbocycles. The van der Waals surface area contributed by atoms with Gasteiger partial charge in [0.15, 0.2) is 6.73 Å². The highest BCUT2D eigenvalue weighted by Gasteiger charge is 2.30. The van der Waals surface area contributed by atoms with E-state index in [2.05, 4.69) is 18.5 Å². The predicted octanol–water partition coefficient (Wildman–Crippen LogP) is 5.72. The van der Waals surface area contributed by atoms with Crippen molar-refractivity contribution in [2.24, 2.45) is 5.92 Å². The fourth-order valence-electron chi connectivity index (χ4n) is 2.53. The number of nitrogens with one attached hydrogen (secondary N) is 1. The molecule has 1 aromatic rings. The second kappa shape index (κ2) is 10.8. The largest absolute Gasteiger partial charge is 0.444 e. The maximum absolute atomic E-state index is 12.7. The van der Waals surface area contributed by atoms with Crippen molar-refractivity contribution in [3.8, 4) is 0 Å². The van der Waals surface area contributed by atoms with Gasteiger partial charge in [0.1, 0.15) is 5.60 Å². The van der Waals surface area contributed by atoms with Crippen LogP contribution in [0.25, 0.3) is 5.57 Å². The molecular formula is C22H28F3NO4. The van der Waals surface area contributed by atoms with Crippen LogP contribution in [0.2, 0.25) is 0 Å². The van der Waals surface area contributed by atoms with Crippen molar-refractivity contribution < 1.29 is 32.2 Å². The van der Waals surface area contributed by atoms with Crippen LogP contribution >= 0.6 is 0 Å². The van der Waals surface area contributed by atoms with Crippen molar-refractivity contribution in [1.82, 2.24) is 5.32 Å². The molecule has 0 spiro atoms. The van der Waals surface area contributed by atoms with E-state index in [1.165, 1.54) is 12.1 Å². The number of rotatable bonds is 9. The molecule has 0 saturated heterocycles. The number of amides is 1. The number of benzene rings is 1. The van der Waals surface area contributed by atoms with Gasteiger partial charge in [0.05, 0.1) is 11.5 Å². The van der Waals surface area contributed by atoms with Crippen LogP contribution in [0.1, 0.15) is 51.2 Å². The number of alkyl halides is 3. The number of ether oxygens (including phenoxy) is 2. The molecule has 1 aromatic carbocycles. The SMILES string of the molecule is C=CCC[C@H](CC(=C)c1ccc(C(F)(F)F)cc1)C(=O)OCNC(=O)OC(C)(C)C. The fourth-order valence-corrected chi connectivity index (χ4v) is 2.53. The van der Waals surface area contributed by atoms with Gasteiger partial charge in [-0.15, -0.1) is 6.58 Å². The lowest BCUT2D eigenvalue weighted by Gasteiger charge is -2.20. The van der Waals surface area contributed by atoms with Crippen molar-refractivity contribution >= 4 is 17.6 Å². The Labute approximate surface area is 174 Å². The molecule has 0 heterocycles. The first-order valence-electron chi connectivity index (χ1n) is 9.43. The molecule has 0 fully saturated rings. The molecule has 0 radical (unpaired) electrons. The van der Waals surface area contributed by atoms with E-state index in [-0.39, 0.29) is 13.2 Å². The summed E-state index contributed by atoms with van der Waals surface area (Å²) in [5.41, 5.74) is -0.420. The Bertz CT molecular complexity index is 749. The van der Waals surface area contributed by atoms with Crippen LogP contribution in [0.15, 0.2) is 43.5 Å². The van der Waals surface area contributed by atoms with Gasteiger partial charge < -0.3 is 9.47 Å². The van der Waals surface area contributed by atoms with Gasteiger partial charge >= 0.3 is 18.2 Å². The molecule has 1 rings (SSSR count). The summed E-state index contributed by atoms with van der Waals surface area (Å²) in [6.07, 6.45) is -2.32. The van der Waals surface area contributed by atoms with Gasteiger partial charge in [-0.25, -0.2) is 4.79 Å². The number of carbonyl (C=O) groups is 2. The molecule has 1 amide bonds. The summed E-state index contributed by atoms with van der Waals surface area (Å²) >= 11 is 0. The summed E-state index contributed by atoms with van der Waals surface area (Å²) in [5.74, 6) is -1.14. The molecule has 0 unspecified atom stereocenters. The highest BCUT2D eigenvalue weighted by Crippen LogP contribution is 2.31. The van der Waals surface area contributed by atoms with E-state index in [1.807, 2.05) is 0 Å². The Kier molecular flexibility index (Phi) is 9.14. The number of hydrogen-bond donors (Lipinski definition) is 1. The number of hydrogen-bond acceptors (Lipinski definition) is 4. The second-order valence-electron chi connectivity index (χ2n) is 7.73. The zero-order valence-corrected chi connectivity index (χ0v) is 17.5. The molecule has 0 bridgehead atoms. The molecule has 0 aliphatic carbocycles. The van der Waals surface area contributed by atoms with Gasteiger partial charge in [-0.1, -0.05) is 24.8 Å². The van der Waals surface area contributed by atoms with Crippen molar-refractivity contribution in [2.45, 2.75) is 51.8 Å². The lowest BCUT2D eigenvalue weighted by molar-refractivity contribution is -0.149. The van der Waals surface area contributed by atoms with E-state index in [4.69, 9.17) is 9.47 Å². The van der Waals surface area contributed by atoms with E-state index < -0.39 is 35.3 Å². The predicted molar refractivity (Wildman–Crippen MR) is 108 cm³/mol. The summed E-state index contributed by atoms with van der Waals surface area (Å²) in [6, 6.07) is 4.60. The van der Waals surface area contributed by atoms with Crippen LogP contribution in [0.4, 0.5) is 18.0 Å². The highest BCUT2D eigenvalue weighted by atomic mass is 19.4. The Balaban J connectivity index is 2.69. The molecule has 0 aliphatic heterocycles. The van der Waals surface area contributed by atoms with Crippen molar-refractivity contribution in [3.05, 3.63) is 54.6 Å². The zero-order valence-electron chi connectivity index (χ0n) is 17.5. The number of allylic oxidation sites excluding steroid dienone is 2. The lowest BCUT2D eigenvalue weighted by atomic mass is 9.91. The van der Waals surface area contributed by atoms with Crippen molar-refractivity contribution in [2.75, 3.05) is 6.73 Å². The minimum absolute atomic E-state index is 0.199. The number of carbonyl (C=O) groups excluding carboxylic acids is 2. The van der Waals surface area contributed by atoms with Gasteiger partial charge in [-0.05, 0) is 63.3 Å². The third kappa shape index (κ3) is 9.15. The molecule has 166 valence electrons. The van der Waals surface area contributed by atoms with E-state index in [1.54, 1.807) is 26.8 Å². The normalized spacial score (nSPS) is 12.6. The topological polar surface area (TPSA) is 64.6 Å². The Morgan fingerprint density at radius 2 is 1.77 bits per heavy atom. The maximum Gasteiger partial charge on any atom is 0.416 e. The summed E-state index contributed by atoms with van der Waals surface area (Å²) in [5, 5.41) is 2.33. The molecule has 1 atom stereocenters. The minimum atomic E-state index is -4.42. The average Bonchev–Trinajstić information content (AvgIpc) is 2.62. The van der Waals surface area contributed by atoms with Gasteiger partial charge in [0.25, 0.3) is 0 Å². The van der Waals surface area contributed by atoms with Gasteiger partial charge in [-0.3, -0.25) is 10.1 Å². The van der Waals surface area contributed by atoms with Crippen LogP contribution in [0, 0.1) is 5.92 Å². The van der Waals surface area contributed by atoms with Crippen LogP contribution < -0.4 is 5.32 Å². The van der Waals surface area contributed by atoms with Gasteiger partial charge in [0, 0.05) is 0 Å². The molecular weight excluding hydrogens is 399 g/mol. The third-order valence-corrected chi connectivity index (χ3v) is 4.00. The summed E-state index contributed by atoms with van der Waals surface area (Å²) in [6.45, 7) is 12.3. The van der Waals surface area contributed by atoms with E-state index in [9.17, 15) is 22.8 Å². The van der Waals surface area contributed by atoms with E-state index in [0.29, 0.717) is 24.0 Å². The fraction of sp³-hybridized carbons (Fsp3) is 0.455. The molecule has 5 nitrogen and oxygen atoms in total. The first-order valence-corrected chi connectivity index (χ1v) is 9.43. The third-order valence-electron chi connectivity index (χ3n) is 4.00. The first kappa shape index (κ1) is 25.3. The van der Waals surface area contributed by atoms with Crippen LogP contribution in [0.5, 0.6) is 0 Å². The smallest absolute Gasteiger partial charge is 0.416 e. The quantitative estimate of drug-likeness (QED) is 0.311. The maximum atomic E-state index is 12.7. The molecule has 0 aromatic heterocycles. The lowest BCUT2D eigenvalue weighted by Crippen LogP contribution is -2.35. The number of halogens is 3. The summed E-state index contributed by atoms with van der Waals surface area (Å²) in [7, 11) is 0. The number of esters is 1. The Morgan fingerprint density at radius 1 is 1.17 bits per heavy atom.